The Kier molecular flexibility index (Phi) is 2.20. The second kappa shape index (κ2) is 3.18. The van der Waals surface area contributed by atoms with Gasteiger partial charge in [0.2, 0.25) is 0 Å². The number of alkyl halides is 1. The highest BCUT2D eigenvalue weighted by molar-refractivity contribution is 5.86. The fourth-order valence-corrected chi connectivity index (χ4v) is 2.97. The molecule has 1 aliphatic heterocycles. The normalized spacial score (nSPS) is 40.4. The van der Waals surface area contributed by atoms with Crippen molar-refractivity contribution in [3.63, 3.8) is 0 Å². The lowest BCUT2D eigenvalue weighted by molar-refractivity contribution is -0.164. The minimum absolute atomic E-state index is 0.157. The maximum Gasteiger partial charge on any atom is 0.311 e. The van der Waals surface area contributed by atoms with E-state index in [4.69, 9.17) is 0 Å². The molecule has 4 nitrogen and oxygen atoms in total. The van der Waals surface area contributed by atoms with Crippen LogP contribution < -0.4 is 0 Å². The Morgan fingerprint density at radius 1 is 1.67 bits per heavy atom. The van der Waals surface area contributed by atoms with Crippen LogP contribution in [0.15, 0.2) is 0 Å². The first kappa shape index (κ1) is 10.4. The summed E-state index contributed by atoms with van der Waals surface area (Å²) in [5, 5.41) is 9.22. The van der Waals surface area contributed by atoms with Crippen molar-refractivity contribution in [3.05, 3.63) is 0 Å². The molecular weight excluding hydrogens is 201 g/mol. The Bertz CT molecular complexity index is 320. The van der Waals surface area contributed by atoms with Crippen LogP contribution in [0.4, 0.5) is 4.39 Å². The third-order valence-electron chi connectivity index (χ3n) is 3.79. The van der Waals surface area contributed by atoms with E-state index in [9.17, 15) is 19.1 Å². The third kappa shape index (κ3) is 1.25. The van der Waals surface area contributed by atoms with Crippen LogP contribution in [0.5, 0.6) is 0 Å². The molecule has 1 N–H and O–H groups in total. The summed E-state index contributed by atoms with van der Waals surface area (Å²) in [6, 6.07) is -0.325. The number of amides is 1. The molecule has 1 saturated heterocycles. The van der Waals surface area contributed by atoms with Crippen molar-refractivity contribution < 1.29 is 19.1 Å². The van der Waals surface area contributed by atoms with Gasteiger partial charge in [0.1, 0.15) is 0 Å². The molecule has 0 aromatic rings. The van der Waals surface area contributed by atoms with Crippen LogP contribution in [0, 0.1) is 5.41 Å². The van der Waals surface area contributed by atoms with Gasteiger partial charge in [-0.25, -0.2) is 4.39 Å². The smallest absolute Gasteiger partial charge is 0.311 e. The number of halogens is 1. The second-order valence-electron chi connectivity index (χ2n) is 4.49. The summed E-state index contributed by atoms with van der Waals surface area (Å²) >= 11 is 0. The molecule has 2 fully saturated rings. The van der Waals surface area contributed by atoms with E-state index in [0.29, 0.717) is 12.8 Å². The van der Waals surface area contributed by atoms with Gasteiger partial charge in [0.15, 0.2) is 6.17 Å². The number of carboxylic acids is 1. The number of fused-ring (bicyclic) bond motifs is 1. The quantitative estimate of drug-likeness (QED) is 0.704. The Balaban J connectivity index is 2.37. The fraction of sp³-hybridized carbons (Fsp3) is 0.800. The Hall–Kier alpha value is -1.13. The summed E-state index contributed by atoms with van der Waals surface area (Å²) in [6.07, 6.45) is 0.0875. The number of rotatable bonds is 1. The summed E-state index contributed by atoms with van der Waals surface area (Å²) < 4.78 is 13.4. The van der Waals surface area contributed by atoms with E-state index < -0.39 is 23.5 Å². The van der Waals surface area contributed by atoms with Gasteiger partial charge in [0, 0.05) is 19.5 Å². The molecule has 1 saturated carbocycles. The Morgan fingerprint density at radius 3 is 2.93 bits per heavy atom. The molecule has 0 radical (unpaired) electrons. The highest BCUT2D eigenvalue weighted by Gasteiger charge is 2.57. The number of aliphatic carboxylic acids is 1. The average molecular weight is 215 g/mol. The van der Waals surface area contributed by atoms with Crippen LogP contribution in [0.1, 0.15) is 25.7 Å². The van der Waals surface area contributed by atoms with Crippen molar-refractivity contribution in [1.82, 2.24) is 4.90 Å². The number of carbonyl (C=O) groups excluding carboxylic acids is 1. The van der Waals surface area contributed by atoms with Gasteiger partial charge in [-0.3, -0.25) is 9.59 Å². The van der Waals surface area contributed by atoms with E-state index in [-0.39, 0.29) is 12.5 Å². The molecule has 3 unspecified atom stereocenters. The van der Waals surface area contributed by atoms with Crippen molar-refractivity contribution in [2.75, 3.05) is 7.05 Å². The number of piperidine rings is 1. The Labute approximate surface area is 87.1 Å². The first-order valence-corrected chi connectivity index (χ1v) is 5.13. The lowest BCUT2D eigenvalue weighted by Crippen LogP contribution is -2.58. The number of carboxylic acid groups (broad SMARTS) is 1. The predicted octanol–water partition coefficient (Wildman–Crippen LogP) is 0.810. The Morgan fingerprint density at radius 2 is 2.33 bits per heavy atom. The lowest BCUT2D eigenvalue weighted by atomic mass is 9.74. The summed E-state index contributed by atoms with van der Waals surface area (Å²) in [5.74, 6) is -1.54. The number of hydrogen-bond acceptors (Lipinski definition) is 2. The van der Waals surface area contributed by atoms with Gasteiger partial charge in [-0.15, -0.1) is 0 Å². The number of nitrogens with zero attached hydrogens (tertiary/aromatic N) is 1. The largest absolute Gasteiger partial charge is 0.481 e. The monoisotopic (exact) mass is 215 g/mol. The van der Waals surface area contributed by atoms with E-state index in [0.717, 1.165) is 6.42 Å². The molecule has 5 heteroatoms. The molecule has 0 aromatic carbocycles. The zero-order chi connectivity index (χ0) is 11.2. The number of likely N-dealkylation sites (tertiary alicyclic amines) is 1. The topological polar surface area (TPSA) is 57.6 Å². The van der Waals surface area contributed by atoms with Crippen LogP contribution in [-0.4, -0.2) is 41.1 Å². The maximum atomic E-state index is 13.4. The molecule has 84 valence electrons. The minimum atomic E-state index is -1.65. The highest BCUT2D eigenvalue weighted by Crippen LogP contribution is 2.48. The summed E-state index contributed by atoms with van der Waals surface area (Å²) in [6.45, 7) is 0. The lowest BCUT2D eigenvalue weighted by Gasteiger charge is -2.42. The predicted molar refractivity (Wildman–Crippen MR) is 50.0 cm³/mol. The average Bonchev–Trinajstić information content (AvgIpc) is 2.59. The summed E-state index contributed by atoms with van der Waals surface area (Å²) in [7, 11) is 1.50. The van der Waals surface area contributed by atoms with Crippen LogP contribution in [0.3, 0.4) is 0 Å². The molecule has 1 aliphatic carbocycles. The van der Waals surface area contributed by atoms with E-state index in [2.05, 4.69) is 0 Å². The number of hydrogen-bond donors (Lipinski definition) is 1. The first-order chi connectivity index (χ1) is 6.99. The fourth-order valence-electron chi connectivity index (χ4n) is 2.97. The first-order valence-electron chi connectivity index (χ1n) is 5.13. The summed E-state index contributed by atoms with van der Waals surface area (Å²) in [5.41, 5.74) is -1.04. The van der Waals surface area contributed by atoms with E-state index >= 15 is 0 Å². The van der Waals surface area contributed by atoms with Gasteiger partial charge in [-0.2, -0.15) is 0 Å². The third-order valence-corrected chi connectivity index (χ3v) is 3.79. The van der Waals surface area contributed by atoms with Gasteiger partial charge in [-0.1, -0.05) is 6.42 Å². The summed E-state index contributed by atoms with van der Waals surface area (Å²) in [4.78, 5) is 23.9. The number of carbonyl (C=O) groups is 2. The second-order valence-corrected chi connectivity index (χ2v) is 4.49. The van der Waals surface area contributed by atoms with E-state index in [1.54, 1.807) is 0 Å². The van der Waals surface area contributed by atoms with Crippen molar-refractivity contribution in [1.29, 1.82) is 0 Å². The van der Waals surface area contributed by atoms with Gasteiger partial charge in [-0.05, 0) is 12.8 Å². The molecule has 2 aliphatic rings. The molecule has 3 atom stereocenters. The molecule has 1 amide bonds. The molecule has 0 spiro atoms. The van der Waals surface area contributed by atoms with Crippen molar-refractivity contribution in [2.45, 2.75) is 37.9 Å². The van der Waals surface area contributed by atoms with Crippen LogP contribution in [-0.2, 0) is 9.59 Å². The minimum Gasteiger partial charge on any atom is -0.481 e. The molecule has 0 bridgehead atoms. The van der Waals surface area contributed by atoms with Crippen molar-refractivity contribution >= 4 is 11.9 Å². The van der Waals surface area contributed by atoms with Crippen LogP contribution in [0.2, 0.25) is 0 Å². The maximum absolute atomic E-state index is 13.4. The van der Waals surface area contributed by atoms with Crippen LogP contribution in [0.25, 0.3) is 0 Å². The van der Waals surface area contributed by atoms with Crippen LogP contribution >= 0.6 is 0 Å². The van der Waals surface area contributed by atoms with Gasteiger partial charge in [0.05, 0.1) is 5.41 Å². The standard InChI is InChI=1S/C10H14FNO3/c1-12-7-3-2-4-10(7,9(14)15)5-6(11)8(12)13/h6-7H,2-5H2,1H3,(H,14,15). The molecular formula is C10H14FNO3. The van der Waals surface area contributed by atoms with Gasteiger partial charge in [0.25, 0.3) is 5.91 Å². The van der Waals surface area contributed by atoms with Gasteiger partial charge < -0.3 is 10.0 Å². The molecule has 0 aromatic heterocycles. The zero-order valence-electron chi connectivity index (χ0n) is 8.57. The molecule has 15 heavy (non-hydrogen) atoms. The van der Waals surface area contributed by atoms with E-state index in [1.165, 1.54) is 11.9 Å². The molecule has 1 heterocycles. The molecule has 2 rings (SSSR count). The zero-order valence-corrected chi connectivity index (χ0v) is 8.57. The van der Waals surface area contributed by atoms with Crippen molar-refractivity contribution in [3.8, 4) is 0 Å². The van der Waals surface area contributed by atoms with Gasteiger partial charge >= 0.3 is 5.97 Å². The van der Waals surface area contributed by atoms with Crippen molar-refractivity contribution in [2.24, 2.45) is 5.41 Å². The highest BCUT2D eigenvalue weighted by atomic mass is 19.1. The SMILES string of the molecule is CN1C(=O)C(F)CC2(C(=O)O)CCCC12. The van der Waals surface area contributed by atoms with E-state index in [1.807, 2.05) is 0 Å².